The summed E-state index contributed by atoms with van der Waals surface area (Å²) in [5.41, 5.74) is 2.38. The van der Waals surface area contributed by atoms with Crippen LogP contribution < -0.4 is 10.2 Å². The minimum absolute atomic E-state index is 0. The highest BCUT2D eigenvalue weighted by Gasteiger charge is 2.13. The van der Waals surface area contributed by atoms with Crippen molar-refractivity contribution < 1.29 is 0 Å². The van der Waals surface area contributed by atoms with E-state index in [9.17, 15) is 0 Å². The van der Waals surface area contributed by atoms with E-state index in [-0.39, 0.29) is 12.4 Å². The van der Waals surface area contributed by atoms with Crippen LogP contribution >= 0.6 is 12.4 Å². The topological polar surface area (TPSA) is 28.2 Å². The predicted molar refractivity (Wildman–Crippen MR) is 74.1 cm³/mol. The molecule has 0 aliphatic carbocycles. The van der Waals surface area contributed by atoms with Crippen LogP contribution in [0.15, 0.2) is 36.5 Å². The number of benzene rings is 1. The Morgan fingerprint density at radius 3 is 2.65 bits per heavy atom. The lowest BCUT2D eigenvalue weighted by Gasteiger charge is -2.29. The molecule has 0 atom stereocenters. The minimum atomic E-state index is 0. The van der Waals surface area contributed by atoms with Crippen molar-refractivity contribution in [2.24, 2.45) is 0 Å². The number of hydrogen-bond acceptors (Lipinski definition) is 3. The van der Waals surface area contributed by atoms with Crippen LogP contribution in [0.3, 0.4) is 0 Å². The van der Waals surface area contributed by atoms with Crippen LogP contribution in [0, 0.1) is 0 Å². The van der Waals surface area contributed by atoms with Gasteiger partial charge in [0.2, 0.25) is 0 Å². The van der Waals surface area contributed by atoms with Gasteiger partial charge in [0.1, 0.15) is 0 Å². The SMILES string of the molecule is Cl.c1cnc2c(N3CCNCC3)cccc2c1. The average molecular weight is 250 g/mol. The van der Waals surface area contributed by atoms with E-state index in [0.717, 1.165) is 31.7 Å². The lowest BCUT2D eigenvalue weighted by molar-refractivity contribution is 0.590. The smallest absolute Gasteiger partial charge is 0.0935 e. The van der Waals surface area contributed by atoms with Crippen LogP contribution in [0.25, 0.3) is 10.9 Å². The van der Waals surface area contributed by atoms with Gasteiger partial charge in [-0.2, -0.15) is 0 Å². The summed E-state index contributed by atoms with van der Waals surface area (Å²) in [4.78, 5) is 6.90. The lowest BCUT2D eigenvalue weighted by atomic mass is 10.1. The maximum atomic E-state index is 4.49. The van der Waals surface area contributed by atoms with Crippen molar-refractivity contribution in [2.75, 3.05) is 31.1 Å². The second-order valence-electron chi connectivity index (χ2n) is 4.09. The second-order valence-corrected chi connectivity index (χ2v) is 4.09. The number of pyridine rings is 1. The van der Waals surface area contributed by atoms with Gasteiger partial charge in [0.15, 0.2) is 0 Å². The monoisotopic (exact) mass is 249 g/mol. The van der Waals surface area contributed by atoms with Crippen LogP contribution in [0.4, 0.5) is 5.69 Å². The molecule has 0 amide bonds. The van der Waals surface area contributed by atoms with Gasteiger partial charge in [-0.1, -0.05) is 18.2 Å². The summed E-state index contributed by atoms with van der Waals surface area (Å²) >= 11 is 0. The lowest BCUT2D eigenvalue weighted by Crippen LogP contribution is -2.43. The van der Waals surface area contributed by atoms with Crippen LogP contribution in [-0.4, -0.2) is 31.2 Å². The zero-order chi connectivity index (χ0) is 10.8. The molecule has 4 heteroatoms. The fourth-order valence-electron chi connectivity index (χ4n) is 2.25. The Kier molecular flexibility index (Phi) is 3.82. The van der Waals surface area contributed by atoms with E-state index in [1.54, 1.807) is 0 Å². The molecule has 0 bridgehead atoms. The van der Waals surface area contributed by atoms with Gasteiger partial charge in [0, 0.05) is 37.8 Å². The molecular weight excluding hydrogens is 234 g/mol. The Hall–Kier alpha value is -1.32. The van der Waals surface area contributed by atoms with Crippen molar-refractivity contribution in [3.63, 3.8) is 0 Å². The largest absolute Gasteiger partial charge is 0.367 e. The molecule has 0 unspecified atom stereocenters. The Balaban J connectivity index is 0.00000108. The van der Waals surface area contributed by atoms with Gasteiger partial charge in [-0.15, -0.1) is 12.4 Å². The summed E-state index contributed by atoms with van der Waals surface area (Å²) in [6.45, 7) is 4.25. The first-order valence-electron chi connectivity index (χ1n) is 5.74. The van der Waals surface area contributed by atoms with Gasteiger partial charge in [-0.25, -0.2) is 0 Å². The zero-order valence-electron chi connectivity index (χ0n) is 9.60. The maximum Gasteiger partial charge on any atom is 0.0935 e. The van der Waals surface area contributed by atoms with E-state index in [1.165, 1.54) is 11.1 Å². The first kappa shape index (κ1) is 12.1. The molecular formula is C13H16ClN3. The number of nitrogens with one attached hydrogen (secondary N) is 1. The average Bonchev–Trinajstić information content (AvgIpc) is 2.39. The fraction of sp³-hybridized carbons (Fsp3) is 0.308. The number of nitrogens with zero attached hydrogens (tertiary/aromatic N) is 2. The van der Waals surface area contributed by atoms with Gasteiger partial charge in [-0.3, -0.25) is 4.98 Å². The minimum Gasteiger partial charge on any atom is -0.367 e. The molecule has 90 valence electrons. The van der Waals surface area contributed by atoms with E-state index in [4.69, 9.17) is 0 Å². The highest BCUT2D eigenvalue weighted by Crippen LogP contribution is 2.24. The normalized spacial score (nSPS) is 15.6. The van der Waals surface area contributed by atoms with E-state index >= 15 is 0 Å². The third kappa shape index (κ3) is 2.35. The number of aromatic nitrogens is 1. The van der Waals surface area contributed by atoms with E-state index < -0.39 is 0 Å². The number of halogens is 1. The summed E-state index contributed by atoms with van der Waals surface area (Å²) in [6.07, 6.45) is 1.87. The van der Waals surface area contributed by atoms with Crippen LogP contribution in [0.1, 0.15) is 0 Å². The van der Waals surface area contributed by atoms with Crippen molar-refractivity contribution in [3.8, 4) is 0 Å². The number of piperazine rings is 1. The van der Waals surface area contributed by atoms with E-state index in [2.05, 4.69) is 39.5 Å². The molecule has 3 rings (SSSR count). The zero-order valence-corrected chi connectivity index (χ0v) is 10.4. The maximum absolute atomic E-state index is 4.49. The second kappa shape index (κ2) is 5.34. The molecule has 17 heavy (non-hydrogen) atoms. The van der Waals surface area contributed by atoms with Gasteiger partial charge >= 0.3 is 0 Å². The van der Waals surface area contributed by atoms with Crippen molar-refractivity contribution in [2.45, 2.75) is 0 Å². The Labute approximate surface area is 107 Å². The number of anilines is 1. The highest BCUT2D eigenvalue weighted by molar-refractivity contribution is 5.90. The Morgan fingerprint density at radius 1 is 1.06 bits per heavy atom. The van der Waals surface area contributed by atoms with E-state index in [1.807, 2.05) is 12.3 Å². The van der Waals surface area contributed by atoms with Crippen LogP contribution in [0.2, 0.25) is 0 Å². The van der Waals surface area contributed by atoms with Crippen molar-refractivity contribution in [1.29, 1.82) is 0 Å². The molecule has 1 saturated heterocycles. The molecule has 1 aromatic heterocycles. The van der Waals surface area contributed by atoms with Crippen molar-refractivity contribution in [1.82, 2.24) is 10.3 Å². The van der Waals surface area contributed by atoms with Crippen molar-refractivity contribution >= 4 is 29.0 Å². The first-order valence-corrected chi connectivity index (χ1v) is 5.74. The number of rotatable bonds is 1. The summed E-state index contributed by atoms with van der Waals surface area (Å²) < 4.78 is 0. The summed E-state index contributed by atoms with van der Waals surface area (Å²) in [6, 6.07) is 10.5. The molecule has 0 saturated carbocycles. The number of para-hydroxylation sites is 1. The van der Waals surface area contributed by atoms with Gasteiger partial charge in [-0.05, 0) is 12.1 Å². The number of hydrogen-bond donors (Lipinski definition) is 1. The summed E-state index contributed by atoms with van der Waals surface area (Å²) in [5.74, 6) is 0. The molecule has 2 aromatic rings. The summed E-state index contributed by atoms with van der Waals surface area (Å²) in [5, 5.41) is 4.59. The van der Waals surface area contributed by atoms with Gasteiger partial charge in [0.05, 0.1) is 11.2 Å². The molecule has 0 radical (unpaired) electrons. The first-order chi connectivity index (χ1) is 7.95. The summed E-state index contributed by atoms with van der Waals surface area (Å²) in [7, 11) is 0. The van der Waals surface area contributed by atoms with Crippen LogP contribution in [-0.2, 0) is 0 Å². The third-order valence-electron chi connectivity index (χ3n) is 3.07. The Bertz CT molecular complexity index is 489. The molecule has 1 aromatic carbocycles. The molecule has 1 N–H and O–H groups in total. The molecule has 2 heterocycles. The molecule has 1 aliphatic heterocycles. The third-order valence-corrected chi connectivity index (χ3v) is 3.07. The highest BCUT2D eigenvalue weighted by atomic mass is 35.5. The fourth-order valence-corrected chi connectivity index (χ4v) is 2.25. The molecule has 3 nitrogen and oxygen atoms in total. The molecule has 0 spiro atoms. The quantitative estimate of drug-likeness (QED) is 0.839. The molecule has 1 fully saturated rings. The van der Waals surface area contributed by atoms with Crippen LogP contribution in [0.5, 0.6) is 0 Å². The molecule has 1 aliphatic rings. The number of fused-ring (bicyclic) bond motifs is 1. The van der Waals surface area contributed by atoms with Gasteiger partial charge < -0.3 is 10.2 Å². The Morgan fingerprint density at radius 2 is 1.82 bits per heavy atom. The van der Waals surface area contributed by atoms with Gasteiger partial charge in [0.25, 0.3) is 0 Å². The van der Waals surface area contributed by atoms with Crippen molar-refractivity contribution in [3.05, 3.63) is 36.5 Å². The standard InChI is InChI=1S/C13H15N3.ClH/c1-3-11-4-2-6-15-13(11)12(5-1)16-9-7-14-8-10-16;/h1-6,14H,7-10H2;1H. The van der Waals surface area contributed by atoms with E-state index in [0.29, 0.717) is 0 Å². The predicted octanol–water partition coefficient (Wildman–Crippen LogP) is 2.07.